The maximum absolute atomic E-state index is 13.7. The molecule has 4 nitrogen and oxygen atoms in total. The molecule has 1 amide bonds. The van der Waals surface area contributed by atoms with Crippen LogP contribution in [-0.4, -0.2) is 36.2 Å². The molecule has 1 aromatic carbocycles. The molecule has 0 saturated carbocycles. The number of rotatable bonds is 5. The summed E-state index contributed by atoms with van der Waals surface area (Å²) in [5.41, 5.74) is 0.622. The van der Waals surface area contributed by atoms with Gasteiger partial charge in [0.05, 0.1) is 12.1 Å². The van der Waals surface area contributed by atoms with E-state index < -0.39 is 17.7 Å². The fourth-order valence-electron chi connectivity index (χ4n) is 2.23. The molecule has 21 heavy (non-hydrogen) atoms. The van der Waals surface area contributed by atoms with Crippen LogP contribution >= 0.6 is 0 Å². The lowest BCUT2D eigenvalue weighted by Crippen LogP contribution is -2.30. The van der Waals surface area contributed by atoms with Gasteiger partial charge >= 0.3 is 0 Å². The van der Waals surface area contributed by atoms with E-state index in [0.717, 1.165) is 12.5 Å². The zero-order valence-electron chi connectivity index (χ0n) is 12.1. The van der Waals surface area contributed by atoms with Crippen LogP contribution in [0.2, 0.25) is 0 Å². The summed E-state index contributed by atoms with van der Waals surface area (Å²) in [6, 6.07) is 3.32. The standard InChI is InChI=1S/C15H18F2N2O2/c1-3-6-19(2)15(20)9-11-8-14(18-21-11)12-5-4-10(16)7-13(12)17/h4-5,7,11H,3,6,8-9H2,1-2H3. The van der Waals surface area contributed by atoms with Crippen molar-refractivity contribution in [2.75, 3.05) is 13.6 Å². The van der Waals surface area contributed by atoms with Gasteiger partial charge in [-0.25, -0.2) is 8.78 Å². The summed E-state index contributed by atoms with van der Waals surface area (Å²) in [6.07, 6.45) is 1.04. The van der Waals surface area contributed by atoms with Crippen LogP contribution in [0.5, 0.6) is 0 Å². The van der Waals surface area contributed by atoms with Gasteiger partial charge in [-0.1, -0.05) is 12.1 Å². The Kier molecular flexibility index (Phi) is 4.88. The molecule has 0 aliphatic carbocycles. The molecule has 0 bridgehead atoms. The highest BCUT2D eigenvalue weighted by molar-refractivity contribution is 6.01. The highest BCUT2D eigenvalue weighted by atomic mass is 19.1. The van der Waals surface area contributed by atoms with Crippen molar-refractivity contribution >= 4 is 11.6 Å². The first kappa shape index (κ1) is 15.4. The third-order valence-electron chi connectivity index (χ3n) is 3.36. The number of oxime groups is 1. The molecule has 0 fully saturated rings. The molecule has 1 atom stereocenters. The van der Waals surface area contributed by atoms with Crippen molar-refractivity contribution in [1.82, 2.24) is 4.90 Å². The Morgan fingerprint density at radius 3 is 2.90 bits per heavy atom. The van der Waals surface area contributed by atoms with Gasteiger partial charge < -0.3 is 9.74 Å². The molecule has 1 heterocycles. The van der Waals surface area contributed by atoms with Crippen molar-refractivity contribution in [2.45, 2.75) is 32.3 Å². The largest absolute Gasteiger partial charge is 0.391 e. The Morgan fingerprint density at radius 1 is 1.48 bits per heavy atom. The van der Waals surface area contributed by atoms with E-state index in [9.17, 15) is 13.6 Å². The van der Waals surface area contributed by atoms with E-state index in [1.165, 1.54) is 12.1 Å². The minimum Gasteiger partial charge on any atom is -0.391 e. The van der Waals surface area contributed by atoms with Gasteiger partial charge in [-0.05, 0) is 18.6 Å². The van der Waals surface area contributed by atoms with Crippen molar-refractivity contribution in [2.24, 2.45) is 5.16 Å². The Labute approximate surface area is 122 Å². The van der Waals surface area contributed by atoms with E-state index in [1.54, 1.807) is 11.9 Å². The van der Waals surface area contributed by atoms with Gasteiger partial charge in [-0.2, -0.15) is 0 Å². The minimum atomic E-state index is -0.674. The van der Waals surface area contributed by atoms with E-state index in [0.29, 0.717) is 18.7 Å². The van der Waals surface area contributed by atoms with Crippen LogP contribution < -0.4 is 0 Å². The van der Waals surface area contributed by atoms with Crippen molar-refractivity contribution in [3.8, 4) is 0 Å². The molecule has 1 aromatic rings. The maximum Gasteiger partial charge on any atom is 0.226 e. The molecular formula is C15H18F2N2O2. The first-order valence-corrected chi connectivity index (χ1v) is 6.93. The lowest BCUT2D eigenvalue weighted by atomic mass is 10.0. The van der Waals surface area contributed by atoms with E-state index >= 15 is 0 Å². The number of hydrogen-bond donors (Lipinski definition) is 0. The summed E-state index contributed by atoms with van der Waals surface area (Å²) in [7, 11) is 1.74. The predicted octanol–water partition coefficient (Wildman–Crippen LogP) is 2.72. The van der Waals surface area contributed by atoms with Gasteiger partial charge in [0, 0.05) is 31.6 Å². The summed E-state index contributed by atoms with van der Waals surface area (Å²) in [4.78, 5) is 18.7. The molecule has 1 aliphatic rings. The Bertz CT molecular complexity index is 561. The van der Waals surface area contributed by atoms with Crippen LogP contribution in [0.3, 0.4) is 0 Å². The number of benzene rings is 1. The molecule has 6 heteroatoms. The van der Waals surface area contributed by atoms with E-state index in [4.69, 9.17) is 4.84 Å². The third-order valence-corrected chi connectivity index (χ3v) is 3.36. The fourth-order valence-corrected chi connectivity index (χ4v) is 2.23. The van der Waals surface area contributed by atoms with Crippen molar-refractivity contribution in [3.05, 3.63) is 35.4 Å². The summed E-state index contributed by atoms with van der Waals surface area (Å²) >= 11 is 0. The van der Waals surface area contributed by atoms with Crippen LogP contribution in [0.1, 0.15) is 31.7 Å². The van der Waals surface area contributed by atoms with Gasteiger partial charge in [-0.3, -0.25) is 4.79 Å². The molecule has 114 valence electrons. The van der Waals surface area contributed by atoms with Crippen LogP contribution in [0.15, 0.2) is 23.4 Å². The average molecular weight is 296 g/mol. The van der Waals surface area contributed by atoms with Crippen LogP contribution in [0, 0.1) is 11.6 Å². The second-order valence-electron chi connectivity index (χ2n) is 5.11. The highest BCUT2D eigenvalue weighted by Crippen LogP contribution is 2.21. The first-order valence-electron chi connectivity index (χ1n) is 6.93. The number of amides is 1. The summed E-state index contributed by atoms with van der Waals surface area (Å²) in [6.45, 7) is 2.68. The second kappa shape index (κ2) is 6.65. The summed E-state index contributed by atoms with van der Waals surface area (Å²) in [5.74, 6) is -1.34. The molecule has 0 spiro atoms. The smallest absolute Gasteiger partial charge is 0.226 e. The van der Waals surface area contributed by atoms with Crippen molar-refractivity contribution in [3.63, 3.8) is 0 Å². The zero-order chi connectivity index (χ0) is 15.4. The quantitative estimate of drug-likeness (QED) is 0.838. The zero-order valence-corrected chi connectivity index (χ0v) is 12.1. The molecule has 1 unspecified atom stereocenters. The molecule has 2 rings (SSSR count). The van der Waals surface area contributed by atoms with Gasteiger partial charge in [0.25, 0.3) is 0 Å². The van der Waals surface area contributed by atoms with E-state index in [1.807, 2.05) is 6.92 Å². The number of hydrogen-bond acceptors (Lipinski definition) is 3. The van der Waals surface area contributed by atoms with Crippen LogP contribution in [0.25, 0.3) is 0 Å². The minimum absolute atomic E-state index is 0.0297. The molecule has 0 N–H and O–H groups in total. The number of carbonyl (C=O) groups excluding carboxylic acids is 1. The van der Waals surface area contributed by atoms with Crippen molar-refractivity contribution < 1.29 is 18.4 Å². The first-order chi connectivity index (χ1) is 10.0. The normalized spacial score (nSPS) is 17.3. The van der Waals surface area contributed by atoms with Gasteiger partial charge in [0.2, 0.25) is 5.91 Å². The highest BCUT2D eigenvalue weighted by Gasteiger charge is 2.27. The van der Waals surface area contributed by atoms with Crippen molar-refractivity contribution in [1.29, 1.82) is 0 Å². The van der Waals surface area contributed by atoms with E-state index in [2.05, 4.69) is 5.16 Å². The van der Waals surface area contributed by atoms with Gasteiger partial charge in [-0.15, -0.1) is 0 Å². The lowest BCUT2D eigenvalue weighted by Gasteiger charge is -2.17. The second-order valence-corrected chi connectivity index (χ2v) is 5.11. The Hall–Kier alpha value is -1.98. The fraction of sp³-hybridized carbons (Fsp3) is 0.467. The number of halogens is 2. The monoisotopic (exact) mass is 296 g/mol. The Balaban J connectivity index is 1.95. The average Bonchev–Trinajstić information content (AvgIpc) is 2.87. The third kappa shape index (κ3) is 3.77. The summed E-state index contributed by atoms with van der Waals surface area (Å²) < 4.78 is 26.6. The predicted molar refractivity (Wildman–Crippen MR) is 74.9 cm³/mol. The van der Waals surface area contributed by atoms with Crippen LogP contribution in [-0.2, 0) is 9.63 Å². The van der Waals surface area contributed by atoms with Gasteiger partial charge in [0.15, 0.2) is 0 Å². The molecular weight excluding hydrogens is 278 g/mol. The molecule has 0 aromatic heterocycles. The van der Waals surface area contributed by atoms with E-state index in [-0.39, 0.29) is 17.9 Å². The number of carbonyl (C=O) groups is 1. The summed E-state index contributed by atoms with van der Waals surface area (Å²) in [5, 5.41) is 3.82. The topological polar surface area (TPSA) is 41.9 Å². The SMILES string of the molecule is CCCN(C)C(=O)CC1CC(c2ccc(F)cc2F)=NO1. The van der Waals surface area contributed by atoms with Crippen LogP contribution in [0.4, 0.5) is 8.78 Å². The molecule has 0 radical (unpaired) electrons. The van der Waals surface area contributed by atoms with Gasteiger partial charge in [0.1, 0.15) is 17.7 Å². The maximum atomic E-state index is 13.7. The Morgan fingerprint density at radius 2 is 2.24 bits per heavy atom. The lowest BCUT2D eigenvalue weighted by molar-refractivity contribution is -0.132. The molecule has 1 aliphatic heterocycles. The molecule has 0 saturated heterocycles. The number of nitrogens with zero attached hydrogens (tertiary/aromatic N) is 2.